The van der Waals surface area contributed by atoms with Crippen LogP contribution in [0, 0.1) is 12.7 Å². The molecule has 2 saturated heterocycles. The van der Waals surface area contributed by atoms with Crippen molar-refractivity contribution in [1.29, 1.82) is 0 Å². The lowest BCUT2D eigenvalue weighted by molar-refractivity contribution is 0.00185. The number of aliphatic hydroxyl groups is 1. The van der Waals surface area contributed by atoms with Crippen LogP contribution in [0.3, 0.4) is 0 Å². The van der Waals surface area contributed by atoms with Gasteiger partial charge in [-0.1, -0.05) is 18.6 Å². The first-order chi connectivity index (χ1) is 9.33. The molecule has 3 nitrogen and oxygen atoms in total. The zero-order valence-corrected chi connectivity index (χ0v) is 12.3. The predicted octanol–water partition coefficient (Wildman–Crippen LogP) is 2.45. The van der Waals surface area contributed by atoms with E-state index in [4.69, 9.17) is 0 Å². The Labute approximate surface area is 118 Å². The monoisotopic (exact) mass is 298 g/mol. The lowest BCUT2D eigenvalue weighted by Crippen LogP contribution is -2.50. The molecule has 1 aromatic carbocycles. The number of aryl methyl sites for hydroxylation is 1. The van der Waals surface area contributed by atoms with E-state index >= 15 is 0 Å². The second kappa shape index (κ2) is 4.53. The normalized spacial score (nSPS) is 35.8. The molecule has 2 aliphatic rings. The first kappa shape index (κ1) is 14.0. The van der Waals surface area contributed by atoms with Crippen molar-refractivity contribution in [3.05, 3.63) is 35.1 Å². The lowest BCUT2D eigenvalue weighted by Gasteiger charge is -2.44. The molecule has 0 saturated carbocycles. The van der Waals surface area contributed by atoms with E-state index < -0.39 is 31.8 Å². The molecule has 110 valence electrons. The third kappa shape index (κ3) is 2.07. The van der Waals surface area contributed by atoms with E-state index in [1.807, 2.05) is 0 Å². The Balaban J connectivity index is 2.02. The highest BCUT2D eigenvalue weighted by molar-refractivity contribution is 7.92. The maximum Gasteiger partial charge on any atom is 0.156 e. The zero-order chi connectivity index (χ0) is 14.5. The highest BCUT2D eigenvalue weighted by Crippen LogP contribution is 2.46. The summed E-state index contributed by atoms with van der Waals surface area (Å²) in [6.45, 7) is 1.79. The van der Waals surface area contributed by atoms with E-state index in [0.717, 1.165) is 12.0 Å². The van der Waals surface area contributed by atoms with Gasteiger partial charge >= 0.3 is 0 Å². The Hall–Kier alpha value is -0.940. The van der Waals surface area contributed by atoms with Crippen LogP contribution < -0.4 is 0 Å². The van der Waals surface area contributed by atoms with Crippen LogP contribution in [0.25, 0.3) is 0 Å². The second-order valence-electron chi connectivity index (χ2n) is 6.19. The molecular formula is C15H19FO3S. The first-order valence-corrected chi connectivity index (χ1v) is 8.65. The third-order valence-corrected chi connectivity index (χ3v) is 7.40. The number of hydrogen-bond acceptors (Lipinski definition) is 3. The Bertz CT molecular complexity index is 619. The maximum atomic E-state index is 14.1. The Morgan fingerprint density at radius 2 is 1.85 bits per heavy atom. The number of sulfone groups is 1. The smallest absolute Gasteiger partial charge is 0.156 e. The fraction of sp³-hybridized carbons (Fsp3) is 0.600. The Morgan fingerprint density at radius 3 is 2.40 bits per heavy atom. The first-order valence-electron chi connectivity index (χ1n) is 7.05. The molecule has 3 rings (SSSR count). The molecule has 2 heterocycles. The van der Waals surface area contributed by atoms with Gasteiger partial charge in [0, 0.05) is 5.56 Å². The van der Waals surface area contributed by atoms with Crippen LogP contribution in [-0.4, -0.2) is 24.0 Å². The van der Waals surface area contributed by atoms with Crippen molar-refractivity contribution in [3.63, 3.8) is 0 Å². The van der Waals surface area contributed by atoms with Crippen LogP contribution in [0.5, 0.6) is 0 Å². The van der Waals surface area contributed by atoms with Crippen LogP contribution in [0.2, 0.25) is 0 Å². The van der Waals surface area contributed by atoms with Crippen molar-refractivity contribution >= 4 is 9.84 Å². The second-order valence-corrected chi connectivity index (χ2v) is 8.70. The summed E-state index contributed by atoms with van der Waals surface area (Å²) in [7, 11) is -3.15. The van der Waals surface area contributed by atoms with Gasteiger partial charge in [-0.05, 0) is 44.2 Å². The van der Waals surface area contributed by atoms with E-state index in [1.54, 1.807) is 19.1 Å². The van der Waals surface area contributed by atoms with Crippen LogP contribution in [0.15, 0.2) is 18.2 Å². The van der Waals surface area contributed by atoms with Gasteiger partial charge in [-0.2, -0.15) is 0 Å². The summed E-state index contributed by atoms with van der Waals surface area (Å²) in [6, 6.07) is 4.75. The topological polar surface area (TPSA) is 54.4 Å². The van der Waals surface area contributed by atoms with E-state index in [0.29, 0.717) is 12.8 Å². The fourth-order valence-corrected chi connectivity index (χ4v) is 6.22. The van der Waals surface area contributed by atoms with Crippen LogP contribution in [0.4, 0.5) is 4.39 Å². The van der Waals surface area contributed by atoms with Crippen molar-refractivity contribution in [2.75, 3.05) is 0 Å². The summed E-state index contributed by atoms with van der Waals surface area (Å²) in [5, 5.41) is 9.79. The molecular weight excluding hydrogens is 279 g/mol. The summed E-state index contributed by atoms with van der Waals surface area (Å²) in [5.41, 5.74) is -0.313. The molecule has 0 aliphatic carbocycles. The summed E-state index contributed by atoms with van der Waals surface area (Å²) in [6.07, 6.45) is 2.27. The van der Waals surface area contributed by atoms with Crippen molar-refractivity contribution in [2.24, 2.45) is 0 Å². The quantitative estimate of drug-likeness (QED) is 0.866. The van der Waals surface area contributed by atoms with E-state index in [9.17, 15) is 17.9 Å². The summed E-state index contributed by atoms with van der Waals surface area (Å²) in [5.74, 6) is -0.440. The Kier molecular flexibility index (Phi) is 3.18. The van der Waals surface area contributed by atoms with Gasteiger partial charge in [-0.3, -0.25) is 0 Å². The van der Waals surface area contributed by atoms with Gasteiger partial charge in [0.2, 0.25) is 0 Å². The van der Waals surface area contributed by atoms with Crippen molar-refractivity contribution in [1.82, 2.24) is 0 Å². The molecule has 1 N–H and O–H groups in total. The Morgan fingerprint density at radius 1 is 1.25 bits per heavy atom. The summed E-state index contributed by atoms with van der Waals surface area (Å²) in [4.78, 5) is 0. The lowest BCUT2D eigenvalue weighted by atomic mass is 9.80. The third-order valence-electron chi connectivity index (χ3n) is 4.74. The highest BCUT2D eigenvalue weighted by atomic mass is 32.2. The van der Waals surface area contributed by atoms with Gasteiger partial charge in [0.05, 0.1) is 16.1 Å². The molecule has 1 aromatic rings. The van der Waals surface area contributed by atoms with Gasteiger partial charge in [0.25, 0.3) is 0 Å². The SMILES string of the molecule is Cc1ccc(C2(O)CC3CCCC(C2)S3(=O)=O)c(F)c1. The van der Waals surface area contributed by atoms with E-state index in [2.05, 4.69) is 0 Å². The minimum Gasteiger partial charge on any atom is -0.385 e. The average molecular weight is 298 g/mol. The zero-order valence-electron chi connectivity index (χ0n) is 11.5. The van der Waals surface area contributed by atoms with Gasteiger partial charge in [-0.25, -0.2) is 12.8 Å². The van der Waals surface area contributed by atoms with Gasteiger partial charge < -0.3 is 5.11 Å². The molecule has 0 spiro atoms. The largest absolute Gasteiger partial charge is 0.385 e. The predicted molar refractivity (Wildman–Crippen MR) is 74.6 cm³/mol. The van der Waals surface area contributed by atoms with E-state index in [1.165, 1.54) is 6.07 Å². The van der Waals surface area contributed by atoms with Gasteiger partial charge in [0.1, 0.15) is 5.82 Å². The number of fused-ring (bicyclic) bond motifs is 2. The standard InChI is InChI=1S/C15H19FO3S/c1-10-5-6-13(14(16)7-10)15(17)8-11-3-2-4-12(9-15)20(11,18)19/h5-7,11-12,17H,2-4,8-9H2,1H3. The number of rotatable bonds is 1. The van der Waals surface area contributed by atoms with Gasteiger partial charge in [-0.15, -0.1) is 0 Å². The summed E-state index contributed by atoms with van der Waals surface area (Å²) >= 11 is 0. The molecule has 2 aliphatic heterocycles. The van der Waals surface area contributed by atoms with Gasteiger partial charge in [0.15, 0.2) is 9.84 Å². The molecule has 0 radical (unpaired) electrons. The van der Waals surface area contributed by atoms with Crippen molar-refractivity contribution in [2.45, 2.75) is 55.1 Å². The molecule has 0 aromatic heterocycles. The molecule has 20 heavy (non-hydrogen) atoms. The molecule has 2 bridgehead atoms. The minimum absolute atomic E-state index is 0.117. The number of benzene rings is 1. The van der Waals surface area contributed by atoms with Crippen molar-refractivity contribution < 1.29 is 17.9 Å². The number of hydrogen-bond donors (Lipinski definition) is 1. The van der Waals surface area contributed by atoms with Crippen LogP contribution in [0.1, 0.15) is 43.2 Å². The average Bonchev–Trinajstić information content (AvgIpc) is 2.31. The molecule has 2 fully saturated rings. The van der Waals surface area contributed by atoms with Crippen LogP contribution in [-0.2, 0) is 15.4 Å². The molecule has 2 unspecified atom stereocenters. The molecule has 0 amide bonds. The van der Waals surface area contributed by atoms with Crippen LogP contribution >= 0.6 is 0 Å². The fourth-order valence-electron chi connectivity index (χ4n) is 3.66. The molecule has 5 heteroatoms. The number of halogens is 1. The van der Waals surface area contributed by atoms with Crippen molar-refractivity contribution in [3.8, 4) is 0 Å². The summed E-state index contributed by atoms with van der Waals surface area (Å²) < 4.78 is 38.6. The maximum absolute atomic E-state index is 14.1. The highest BCUT2D eigenvalue weighted by Gasteiger charge is 2.51. The molecule has 2 atom stereocenters. The minimum atomic E-state index is -3.15. The van der Waals surface area contributed by atoms with E-state index in [-0.39, 0.29) is 18.4 Å².